The van der Waals surface area contributed by atoms with Crippen molar-refractivity contribution in [3.8, 4) is 5.75 Å². The number of benzene rings is 1. The van der Waals surface area contributed by atoms with Crippen LogP contribution in [0.25, 0.3) is 6.08 Å². The first-order valence-corrected chi connectivity index (χ1v) is 8.38. The van der Waals surface area contributed by atoms with Gasteiger partial charge in [0.1, 0.15) is 12.4 Å². The van der Waals surface area contributed by atoms with E-state index in [0.717, 1.165) is 29.7 Å². The Labute approximate surface area is 147 Å². The zero-order valence-corrected chi connectivity index (χ0v) is 14.0. The lowest BCUT2D eigenvalue weighted by Crippen LogP contribution is -2.30. The molecule has 0 atom stereocenters. The van der Waals surface area contributed by atoms with Gasteiger partial charge in [-0.1, -0.05) is 18.2 Å². The molecule has 0 unspecified atom stereocenters. The molecule has 1 aromatic carbocycles. The SMILES string of the molecule is O=C(/C=C/c1ccc(OCc2cccnc2)cc1)NCC1(CO)CC1. The molecule has 0 radical (unpaired) electrons. The van der Waals surface area contributed by atoms with Gasteiger partial charge >= 0.3 is 0 Å². The van der Waals surface area contributed by atoms with Gasteiger partial charge < -0.3 is 15.2 Å². The number of amides is 1. The van der Waals surface area contributed by atoms with E-state index in [1.807, 2.05) is 36.4 Å². The lowest BCUT2D eigenvalue weighted by atomic mass is 10.1. The summed E-state index contributed by atoms with van der Waals surface area (Å²) in [5.74, 6) is 0.626. The molecule has 5 nitrogen and oxygen atoms in total. The van der Waals surface area contributed by atoms with Crippen molar-refractivity contribution in [1.82, 2.24) is 10.3 Å². The fourth-order valence-corrected chi connectivity index (χ4v) is 2.40. The van der Waals surface area contributed by atoms with Crippen LogP contribution in [0.4, 0.5) is 0 Å². The van der Waals surface area contributed by atoms with Gasteiger partial charge in [-0.15, -0.1) is 0 Å². The van der Waals surface area contributed by atoms with Crippen LogP contribution in [0.5, 0.6) is 5.75 Å². The van der Waals surface area contributed by atoms with Gasteiger partial charge in [0, 0.05) is 36.0 Å². The molecular formula is C20H22N2O3. The quantitative estimate of drug-likeness (QED) is 0.726. The monoisotopic (exact) mass is 338 g/mol. The Balaban J connectivity index is 1.46. The highest BCUT2D eigenvalue weighted by molar-refractivity contribution is 5.91. The van der Waals surface area contributed by atoms with E-state index in [1.54, 1.807) is 18.5 Å². The maximum absolute atomic E-state index is 11.8. The van der Waals surface area contributed by atoms with Gasteiger partial charge in [-0.05, 0) is 42.7 Å². The van der Waals surface area contributed by atoms with Crippen LogP contribution in [0, 0.1) is 5.41 Å². The predicted molar refractivity (Wildman–Crippen MR) is 95.8 cm³/mol. The summed E-state index contributed by atoms with van der Waals surface area (Å²) in [6.45, 7) is 1.14. The third-order valence-electron chi connectivity index (χ3n) is 4.37. The number of aliphatic hydroxyl groups is 1. The Kier molecular flexibility index (Phi) is 5.46. The predicted octanol–water partition coefficient (Wildman–Crippen LogP) is 2.56. The minimum Gasteiger partial charge on any atom is -0.489 e. The smallest absolute Gasteiger partial charge is 0.244 e. The minimum absolute atomic E-state index is 0.0727. The summed E-state index contributed by atoms with van der Waals surface area (Å²) in [7, 11) is 0. The van der Waals surface area contributed by atoms with Crippen LogP contribution in [-0.4, -0.2) is 29.1 Å². The van der Waals surface area contributed by atoms with Crippen molar-refractivity contribution in [3.63, 3.8) is 0 Å². The maximum atomic E-state index is 11.8. The number of nitrogens with zero attached hydrogens (tertiary/aromatic N) is 1. The van der Waals surface area contributed by atoms with Gasteiger partial charge in [0.15, 0.2) is 0 Å². The number of aromatic nitrogens is 1. The van der Waals surface area contributed by atoms with Crippen molar-refractivity contribution in [2.75, 3.05) is 13.2 Å². The van der Waals surface area contributed by atoms with E-state index in [4.69, 9.17) is 4.74 Å². The van der Waals surface area contributed by atoms with Crippen LogP contribution in [-0.2, 0) is 11.4 Å². The summed E-state index contributed by atoms with van der Waals surface area (Å²) in [6.07, 6.45) is 8.74. The molecule has 3 rings (SSSR count). The third kappa shape index (κ3) is 5.16. The van der Waals surface area contributed by atoms with Crippen LogP contribution in [0.15, 0.2) is 54.9 Å². The van der Waals surface area contributed by atoms with Crippen LogP contribution in [0.3, 0.4) is 0 Å². The summed E-state index contributed by atoms with van der Waals surface area (Å²) < 4.78 is 5.70. The molecule has 2 aromatic rings. The minimum atomic E-state index is -0.142. The van der Waals surface area contributed by atoms with E-state index in [2.05, 4.69) is 10.3 Å². The number of carbonyl (C=O) groups excluding carboxylic acids is 1. The fraction of sp³-hybridized carbons (Fsp3) is 0.300. The van der Waals surface area contributed by atoms with Crippen molar-refractivity contribution in [1.29, 1.82) is 0 Å². The molecule has 1 aromatic heterocycles. The van der Waals surface area contributed by atoms with Crippen molar-refractivity contribution < 1.29 is 14.6 Å². The van der Waals surface area contributed by atoms with Crippen LogP contribution >= 0.6 is 0 Å². The Morgan fingerprint density at radius 3 is 2.72 bits per heavy atom. The average Bonchev–Trinajstić information content (AvgIpc) is 3.45. The van der Waals surface area contributed by atoms with E-state index in [1.165, 1.54) is 6.08 Å². The summed E-state index contributed by atoms with van der Waals surface area (Å²) in [5, 5.41) is 12.1. The standard InChI is InChI=1S/C20H22N2O3/c23-15-20(9-10-20)14-22-19(24)8-5-16-3-6-18(7-4-16)25-13-17-2-1-11-21-12-17/h1-8,11-12,23H,9-10,13-15H2,(H,22,24)/b8-5+. The molecule has 0 aliphatic heterocycles. The second-order valence-corrected chi connectivity index (χ2v) is 6.43. The van der Waals surface area contributed by atoms with Crippen LogP contribution in [0.2, 0.25) is 0 Å². The van der Waals surface area contributed by atoms with E-state index >= 15 is 0 Å². The van der Waals surface area contributed by atoms with Crippen molar-refractivity contribution in [3.05, 3.63) is 66.0 Å². The molecule has 1 heterocycles. The first-order chi connectivity index (χ1) is 12.2. The molecule has 0 bridgehead atoms. The number of hydrogen-bond acceptors (Lipinski definition) is 4. The number of rotatable bonds is 8. The number of aliphatic hydroxyl groups excluding tert-OH is 1. The van der Waals surface area contributed by atoms with Gasteiger partial charge in [0.05, 0.1) is 6.61 Å². The van der Waals surface area contributed by atoms with Gasteiger partial charge in [-0.3, -0.25) is 9.78 Å². The first-order valence-electron chi connectivity index (χ1n) is 8.38. The maximum Gasteiger partial charge on any atom is 0.244 e. The zero-order chi connectivity index (χ0) is 17.5. The first kappa shape index (κ1) is 17.2. The molecule has 1 fully saturated rings. The van der Waals surface area contributed by atoms with Crippen LogP contribution < -0.4 is 10.1 Å². The normalized spacial score (nSPS) is 15.1. The molecule has 0 spiro atoms. The third-order valence-corrected chi connectivity index (χ3v) is 4.37. The molecule has 25 heavy (non-hydrogen) atoms. The summed E-state index contributed by atoms with van der Waals surface area (Å²) in [5.41, 5.74) is 1.86. The molecule has 1 aliphatic carbocycles. The van der Waals surface area contributed by atoms with Crippen molar-refractivity contribution in [2.45, 2.75) is 19.4 Å². The molecule has 1 aliphatic rings. The fourth-order valence-electron chi connectivity index (χ4n) is 2.40. The number of nitrogens with one attached hydrogen (secondary N) is 1. The lowest BCUT2D eigenvalue weighted by molar-refractivity contribution is -0.116. The second-order valence-electron chi connectivity index (χ2n) is 6.43. The van der Waals surface area contributed by atoms with Crippen molar-refractivity contribution in [2.24, 2.45) is 5.41 Å². The molecule has 5 heteroatoms. The Bertz CT molecular complexity index is 722. The van der Waals surface area contributed by atoms with Gasteiger partial charge in [-0.2, -0.15) is 0 Å². The Morgan fingerprint density at radius 1 is 1.28 bits per heavy atom. The number of pyridine rings is 1. The Morgan fingerprint density at radius 2 is 2.08 bits per heavy atom. The van der Waals surface area contributed by atoms with Crippen LogP contribution in [0.1, 0.15) is 24.0 Å². The summed E-state index contributed by atoms with van der Waals surface area (Å²) >= 11 is 0. The van der Waals surface area contributed by atoms with Crippen molar-refractivity contribution >= 4 is 12.0 Å². The van der Waals surface area contributed by atoms with E-state index in [-0.39, 0.29) is 17.9 Å². The second kappa shape index (κ2) is 7.94. The average molecular weight is 338 g/mol. The molecule has 0 saturated heterocycles. The van der Waals surface area contributed by atoms with Gasteiger partial charge in [-0.25, -0.2) is 0 Å². The largest absolute Gasteiger partial charge is 0.489 e. The highest BCUT2D eigenvalue weighted by Gasteiger charge is 2.41. The number of hydrogen-bond donors (Lipinski definition) is 2. The van der Waals surface area contributed by atoms with E-state index in [0.29, 0.717) is 13.2 Å². The lowest BCUT2D eigenvalue weighted by Gasteiger charge is -2.11. The molecule has 130 valence electrons. The molecular weight excluding hydrogens is 316 g/mol. The number of ether oxygens (including phenoxy) is 1. The highest BCUT2D eigenvalue weighted by Crippen LogP contribution is 2.44. The molecule has 1 amide bonds. The topological polar surface area (TPSA) is 71.5 Å². The summed E-state index contributed by atoms with van der Waals surface area (Å²) in [6, 6.07) is 11.4. The van der Waals surface area contributed by atoms with E-state index < -0.39 is 0 Å². The zero-order valence-electron chi connectivity index (χ0n) is 14.0. The van der Waals surface area contributed by atoms with E-state index in [9.17, 15) is 9.90 Å². The summed E-state index contributed by atoms with van der Waals surface area (Å²) in [4.78, 5) is 15.9. The van der Waals surface area contributed by atoms with Gasteiger partial charge in [0.2, 0.25) is 5.91 Å². The Hall–Kier alpha value is -2.66. The molecule has 1 saturated carbocycles. The highest BCUT2D eigenvalue weighted by atomic mass is 16.5. The van der Waals surface area contributed by atoms with Gasteiger partial charge in [0.25, 0.3) is 0 Å². The molecule has 2 N–H and O–H groups in total. The number of carbonyl (C=O) groups is 1.